The van der Waals surface area contributed by atoms with Crippen molar-refractivity contribution in [2.24, 2.45) is 40.4 Å². The van der Waals surface area contributed by atoms with Gasteiger partial charge in [0.25, 0.3) is 0 Å². The van der Waals surface area contributed by atoms with Gasteiger partial charge in [-0.1, -0.05) is 44.9 Å². The van der Waals surface area contributed by atoms with Crippen LogP contribution < -0.4 is 0 Å². The van der Waals surface area contributed by atoms with Crippen LogP contribution in [0.3, 0.4) is 0 Å². The Labute approximate surface area is 182 Å². The van der Waals surface area contributed by atoms with Crippen molar-refractivity contribution in [3.63, 3.8) is 0 Å². The minimum absolute atomic E-state index is 0.0201. The molecule has 0 spiro atoms. The Hall–Kier alpha value is -1.22. The van der Waals surface area contributed by atoms with Crippen molar-refractivity contribution < 1.29 is 14.7 Å². The molecule has 0 saturated heterocycles. The van der Waals surface area contributed by atoms with Gasteiger partial charge in [0.15, 0.2) is 5.78 Å². The third-order valence-electron chi connectivity index (χ3n) is 9.41. The molecule has 3 nitrogen and oxygen atoms in total. The molecular weight excluding hydrogens is 372 g/mol. The topological polar surface area (TPSA) is 54.4 Å². The average Bonchev–Trinajstić information content (AvgIpc) is 3.00. The minimum Gasteiger partial charge on any atom is -0.393 e. The number of Topliss-reactive ketones (excluding diaryl/α,β-unsaturated/α-hetero) is 1. The third kappa shape index (κ3) is 3.45. The van der Waals surface area contributed by atoms with E-state index in [1.807, 2.05) is 6.08 Å². The SMILES string of the molecule is C/C(=C\C(=O)CC(C)C)[C@H]1CC[C@H]2[C@@H]3C[C@H](O)[C@H]4CC(=O)CC[C@]4(C)C3=CC[C@]12C. The molecule has 0 aromatic rings. The molecule has 0 amide bonds. The molecule has 166 valence electrons. The fourth-order valence-electron chi connectivity index (χ4n) is 7.93. The van der Waals surface area contributed by atoms with E-state index in [2.05, 4.69) is 40.7 Å². The van der Waals surface area contributed by atoms with Gasteiger partial charge in [-0.15, -0.1) is 0 Å². The lowest BCUT2D eigenvalue weighted by molar-refractivity contribution is -0.130. The number of aliphatic hydroxyl groups excluding tert-OH is 1. The molecule has 0 heterocycles. The number of fused-ring (bicyclic) bond motifs is 5. The number of carbonyl (C=O) groups is 2. The van der Waals surface area contributed by atoms with E-state index in [1.165, 1.54) is 12.0 Å². The lowest BCUT2D eigenvalue weighted by Crippen LogP contribution is -2.53. The van der Waals surface area contributed by atoms with Crippen LogP contribution in [0.2, 0.25) is 0 Å². The summed E-state index contributed by atoms with van der Waals surface area (Å²) >= 11 is 0. The van der Waals surface area contributed by atoms with Crippen LogP contribution in [0.15, 0.2) is 23.3 Å². The maximum absolute atomic E-state index is 12.4. The number of aliphatic hydroxyl groups is 1. The van der Waals surface area contributed by atoms with Crippen LogP contribution in [0.4, 0.5) is 0 Å². The zero-order valence-electron chi connectivity index (χ0n) is 19.5. The monoisotopic (exact) mass is 412 g/mol. The van der Waals surface area contributed by atoms with Crippen LogP contribution in [0.25, 0.3) is 0 Å². The molecule has 3 heteroatoms. The maximum atomic E-state index is 12.4. The Bertz CT molecular complexity index is 790. The molecular formula is C27H40O3. The summed E-state index contributed by atoms with van der Waals surface area (Å²) < 4.78 is 0. The minimum atomic E-state index is -0.368. The second-order valence-corrected chi connectivity index (χ2v) is 11.7. The Kier molecular flexibility index (Phi) is 5.66. The van der Waals surface area contributed by atoms with Gasteiger partial charge < -0.3 is 5.11 Å². The molecule has 4 aliphatic rings. The van der Waals surface area contributed by atoms with Gasteiger partial charge in [-0.2, -0.15) is 0 Å². The van der Waals surface area contributed by atoms with Crippen molar-refractivity contribution >= 4 is 11.6 Å². The lowest BCUT2D eigenvalue weighted by Gasteiger charge is -2.57. The molecule has 4 aliphatic carbocycles. The summed E-state index contributed by atoms with van der Waals surface area (Å²) in [6, 6.07) is 0. The van der Waals surface area contributed by atoms with Crippen molar-refractivity contribution in [3.05, 3.63) is 23.3 Å². The van der Waals surface area contributed by atoms with Crippen LogP contribution in [0.1, 0.15) is 86.0 Å². The highest BCUT2D eigenvalue weighted by Crippen LogP contribution is 2.66. The molecule has 30 heavy (non-hydrogen) atoms. The van der Waals surface area contributed by atoms with E-state index < -0.39 is 0 Å². The van der Waals surface area contributed by atoms with Gasteiger partial charge in [0, 0.05) is 25.2 Å². The third-order valence-corrected chi connectivity index (χ3v) is 9.41. The zero-order chi connectivity index (χ0) is 21.8. The van der Waals surface area contributed by atoms with Gasteiger partial charge in [0.1, 0.15) is 5.78 Å². The van der Waals surface area contributed by atoms with Crippen LogP contribution in [0, 0.1) is 40.4 Å². The predicted molar refractivity (Wildman–Crippen MR) is 120 cm³/mol. The molecule has 3 saturated carbocycles. The molecule has 0 aromatic heterocycles. The second-order valence-electron chi connectivity index (χ2n) is 11.7. The number of rotatable bonds is 4. The number of hydrogen-bond acceptors (Lipinski definition) is 3. The zero-order valence-corrected chi connectivity index (χ0v) is 19.5. The van der Waals surface area contributed by atoms with E-state index in [1.54, 1.807) is 5.57 Å². The van der Waals surface area contributed by atoms with E-state index in [-0.39, 0.29) is 28.6 Å². The number of carbonyl (C=O) groups excluding carboxylic acids is 2. The summed E-state index contributed by atoms with van der Waals surface area (Å²) in [6.07, 6.45) is 11.0. The van der Waals surface area contributed by atoms with Gasteiger partial charge in [-0.3, -0.25) is 9.59 Å². The van der Waals surface area contributed by atoms with E-state index in [0.29, 0.717) is 48.7 Å². The molecule has 0 unspecified atom stereocenters. The summed E-state index contributed by atoms with van der Waals surface area (Å²) in [5.74, 6) is 2.52. The van der Waals surface area contributed by atoms with Crippen molar-refractivity contribution in [2.45, 2.75) is 92.1 Å². The van der Waals surface area contributed by atoms with Gasteiger partial charge in [-0.05, 0) is 79.6 Å². The largest absolute Gasteiger partial charge is 0.393 e. The quantitative estimate of drug-likeness (QED) is 0.478. The predicted octanol–water partition coefficient (Wildman–Crippen LogP) is 5.67. The smallest absolute Gasteiger partial charge is 0.155 e. The number of allylic oxidation sites excluding steroid dienone is 4. The number of ketones is 2. The van der Waals surface area contributed by atoms with Gasteiger partial charge in [-0.25, -0.2) is 0 Å². The molecule has 0 radical (unpaired) electrons. The molecule has 0 aromatic carbocycles. The van der Waals surface area contributed by atoms with E-state index in [9.17, 15) is 14.7 Å². The highest BCUT2D eigenvalue weighted by atomic mass is 16.3. The molecule has 3 fully saturated rings. The van der Waals surface area contributed by atoms with Crippen LogP contribution >= 0.6 is 0 Å². The van der Waals surface area contributed by atoms with Crippen molar-refractivity contribution in [3.8, 4) is 0 Å². The lowest BCUT2D eigenvalue weighted by atomic mass is 9.48. The van der Waals surface area contributed by atoms with E-state index in [0.717, 1.165) is 25.7 Å². The fourth-order valence-corrected chi connectivity index (χ4v) is 7.93. The van der Waals surface area contributed by atoms with Crippen molar-refractivity contribution in [1.29, 1.82) is 0 Å². The second kappa shape index (κ2) is 7.73. The summed E-state index contributed by atoms with van der Waals surface area (Å²) in [6.45, 7) is 11.1. The fraction of sp³-hybridized carbons (Fsp3) is 0.778. The Balaban J connectivity index is 1.62. The van der Waals surface area contributed by atoms with Gasteiger partial charge >= 0.3 is 0 Å². The standard InChI is InChI=1S/C27H40O3/c1-16(2)12-19(29)13-17(3)21-6-7-22-20-15-25(30)24-14-18(28)8-10-27(24,5)23(20)9-11-26(21,22)4/h9,13,16,20-22,24-25,30H,6-8,10-12,14-15H2,1-5H3/b17-13+/t20-,21+,22-,24+,25-,26+,27+/m0/s1. The molecule has 0 aliphatic heterocycles. The van der Waals surface area contributed by atoms with E-state index in [4.69, 9.17) is 0 Å². The molecule has 1 N–H and O–H groups in total. The molecule has 4 rings (SSSR count). The summed E-state index contributed by atoms with van der Waals surface area (Å²) in [7, 11) is 0. The molecule has 7 atom stereocenters. The average molecular weight is 413 g/mol. The van der Waals surface area contributed by atoms with Crippen LogP contribution in [0.5, 0.6) is 0 Å². The summed E-state index contributed by atoms with van der Waals surface area (Å²) in [5, 5.41) is 11.1. The first-order valence-corrected chi connectivity index (χ1v) is 12.2. The van der Waals surface area contributed by atoms with E-state index >= 15 is 0 Å². The Morgan fingerprint density at radius 2 is 2.00 bits per heavy atom. The summed E-state index contributed by atoms with van der Waals surface area (Å²) in [4.78, 5) is 24.5. The first-order valence-electron chi connectivity index (χ1n) is 12.2. The van der Waals surface area contributed by atoms with Crippen molar-refractivity contribution in [1.82, 2.24) is 0 Å². The Morgan fingerprint density at radius 1 is 1.27 bits per heavy atom. The highest BCUT2D eigenvalue weighted by molar-refractivity contribution is 5.90. The van der Waals surface area contributed by atoms with Crippen LogP contribution in [-0.4, -0.2) is 22.8 Å². The summed E-state index contributed by atoms with van der Waals surface area (Å²) in [5.41, 5.74) is 2.95. The number of hydrogen-bond donors (Lipinski definition) is 1. The van der Waals surface area contributed by atoms with Crippen molar-refractivity contribution in [2.75, 3.05) is 0 Å². The highest BCUT2D eigenvalue weighted by Gasteiger charge is 2.59. The molecule has 0 bridgehead atoms. The van der Waals surface area contributed by atoms with Gasteiger partial charge in [0.05, 0.1) is 6.10 Å². The maximum Gasteiger partial charge on any atom is 0.155 e. The first kappa shape index (κ1) is 22.0. The normalized spacial score (nSPS) is 43.7. The first-order chi connectivity index (χ1) is 14.1. The Morgan fingerprint density at radius 3 is 2.70 bits per heavy atom. The van der Waals surface area contributed by atoms with Crippen LogP contribution in [-0.2, 0) is 9.59 Å². The van der Waals surface area contributed by atoms with Gasteiger partial charge in [0.2, 0.25) is 0 Å².